The Morgan fingerprint density at radius 3 is 2.79 bits per heavy atom. The molecule has 1 saturated carbocycles. The van der Waals surface area contributed by atoms with E-state index in [2.05, 4.69) is 17.2 Å². The zero-order chi connectivity index (χ0) is 19.5. The molecule has 0 bridgehead atoms. The predicted molar refractivity (Wildman–Crippen MR) is 111 cm³/mol. The Hall–Kier alpha value is -2.34. The highest BCUT2D eigenvalue weighted by atomic mass is 32.2. The maximum Gasteiger partial charge on any atom is 0.259 e. The molecule has 6 heteroatoms. The van der Waals surface area contributed by atoms with Crippen molar-refractivity contribution in [3.05, 3.63) is 48.2 Å². The van der Waals surface area contributed by atoms with Crippen LogP contribution in [0, 0.1) is 5.92 Å². The lowest BCUT2D eigenvalue weighted by Crippen LogP contribution is -2.40. The number of benzene rings is 1. The molecule has 0 atom stereocenters. The van der Waals surface area contributed by atoms with Crippen molar-refractivity contribution >= 4 is 29.3 Å². The topological polar surface area (TPSA) is 62.3 Å². The molecule has 1 aliphatic heterocycles. The van der Waals surface area contributed by atoms with E-state index in [9.17, 15) is 9.59 Å². The SMILES string of the molecule is CC1CCC(NC(=O)CCN2C(=O)c3ccccc3Sc3ncccc32)CC1. The second-order valence-electron chi connectivity index (χ2n) is 7.66. The lowest BCUT2D eigenvalue weighted by Gasteiger charge is -2.27. The van der Waals surface area contributed by atoms with Crippen molar-refractivity contribution in [2.45, 2.75) is 55.0 Å². The van der Waals surface area contributed by atoms with Gasteiger partial charge in [-0.05, 0) is 55.9 Å². The quantitative estimate of drug-likeness (QED) is 0.839. The van der Waals surface area contributed by atoms with Gasteiger partial charge in [-0.15, -0.1) is 0 Å². The fourth-order valence-electron chi connectivity index (χ4n) is 3.90. The number of nitrogens with one attached hydrogen (secondary N) is 1. The molecule has 1 aliphatic carbocycles. The molecule has 4 rings (SSSR count). The van der Waals surface area contributed by atoms with Gasteiger partial charge in [0.15, 0.2) is 0 Å². The van der Waals surface area contributed by atoms with Gasteiger partial charge in [0, 0.05) is 30.1 Å². The summed E-state index contributed by atoms with van der Waals surface area (Å²) in [6, 6.07) is 11.6. The highest BCUT2D eigenvalue weighted by Gasteiger charge is 2.28. The number of amides is 2. The summed E-state index contributed by atoms with van der Waals surface area (Å²) in [7, 11) is 0. The second-order valence-corrected chi connectivity index (χ2v) is 8.69. The Morgan fingerprint density at radius 1 is 1.18 bits per heavy atom. The Kier molecular flexibility index (Phi) is 5.67. The molecule has 1 fully saturated rings. The minimum absolute atomic E-state index is 0.0166. The van der Waals surface area contributed by atoms with Crippen LogP contribution in [0.4, 0.5) is 5.69 Å². The number of carbonyl (C=O) groups is 2. The first-order chi connectivity index (χ1) is 13.6. The molecule has 1 aromatic carbocycles. The van der Waals surface area contributed by atoms with Crippen LogP contribution in [0.5, 0.6) is 0 Å². The fourth-order valence-corrected chi connectivity index (χ4v) is 4.91. The van der Waals surface area contributed by atoms with E-state index in [4.69, 9.17) is 0 Å². The fraction of sp³-hybridized carbons (Fsp3) is 0.409. The smallest absolute Gasteiger partial charge is 0.259 e. The highest BCUT2D eigenvalue weighted by molar-refractivity contribution is 7.99. The van der Waals surface area contributed by atoms with E-state index in [1.165, 1.54) is 24.6 Å². The van der Waals surface area contributed by atoms with E-state index in [0.717, 1.165) is 34.4 Å². The van der Waals surface area contributed by atoms with Crippen LogP contribution in [0.15, 0.2) is 52.5 Å². The summed E-state index contributed by atoms with van der Waals surface area (Å²) in [5.41, 5.74) is 1.43. The molecule has 5 nitrogen and oxygen atoms in total. The first-order valence-electron chi connectivity index (χ1n) is 9.95. The number of rotatable bonds is 4. The Labute approximate surface area is 169 Å². The van der Waals surface area contributed by atoms with Crippen molar-refractivity contribution < 1.29 is 9.59 Å². The Morgan fingerprint density at radius 2 is 1.96 bits per heavy atom. The molecule has 146 valence electrons. The van der Waals surface area contributed by atoms with Gasteiger partial charge in [-0.25, -0.2) is 4.98 Å². The maximum absolute atomic E-state index is 13.2. The van der Waals surface area contributed by atoms with Gasteiger partial charge < -0.3 is 10.2 Å². The van der Waals surface area contributed by atoms with Crippen molar-refractivity contribution in [3.63, 3.8) is 0 Å². The lowest BCUT2D eigenvalue weighted by atomic mass is 9.87. The molecule has 2 aliphatic rings. The molecule has 0 unspecified atom stereocenters. The average molecular weight is 396 g/mol. The first kappa shape index (κ1) is 19.0. The van der Waals surface area contributed by atoms with E-state index in [1.54, 1.807) is 11.1 Å². The number of pyridine rings is 1. The molecular formula is C22H25N3O2S. The van der Waals surface area contributed by atoms with E-state index >= 15 is 0 Å². The van der Waals surface area contributed by atoms with E-state index in [-0.39, 0.29) is 17.9 Å². The molecule has 2 aromatic rings. The van der Waals surface area contributed by atoms with Crippen molar-refractivity contribution in [1.29, 1.82) is 0 Å². The summed E-state index contributed by atoms with van der Waals surface area (Å²) in [5.74, 6) is 0.696. The normalized spacial score (nSPS) is 21.5. The van der Waals surface area contributed by atoms with Crippen LogP contribution >= 0.6 is 11.8 Å². The number of anilines is 1. The molecule has 1 N–H and O–H groups in total. The number of nitrogens with zero attached hydrogens (tertiary/aromatic N) is 2. The summed E-state index contributed by atoms with van der Waals surface area (Å²) in [6.45, 7) is 2.62. The third-order valence-corrected chi connectivity index (χ3v) is 6.64. The highest BCUT2D eigenvalue weighted by Crippen LogP contribution is 2.39. The summed E-state index contributed by atoms with van der Waals surface area (Å²) in [4.78, 5) is 32.8. The minimum atomic E-state index is -0.0749. The average Bonchev–Trinajstić information content (AvgIpc) is 2.82. The van der Waals surface area contributed by atoms with Gasteiger partial charge >= 0.3 is 0 Å². The molecule has 2 amide bonds. The van der Waals surface area contributed by atoms with Crippen LogP contribution in [-0.4, -0.2) is 29.4 Å². The van der Waals surface area contributed by atoms with Gasteiger partial charge in [0.25, 0.3) is 5.91 Å². The van der Waals surface area contributed by atoms with Gasteiger partial charge in [-0.1, -0.05) is 30.8 Å². The van der Waals surface area contributed by atoms with Gasteiger partial charge in [0.05, 0.1) is 11.3 Å². The maximum atomic E-state index is 13.2. The van der Waals surface area contributed by atoms with Crippen LogP contribution in [-0.2, 0) is 4.79 Å². The third kappa shape index (κ3) is 4.07. The van der Waals surface area contributed by atoms with Crippen molar-refractivity contribution in [3.8, 4) is 0 Å². The number of hydrogen-bond acceptors (Lipinski definition) is 4. The number of fused-ring (bicyclic) bond motifs is 2. The monoisotopic (exact) mass is 395 g/mol. The Balaban J connectivity index is 1.48. The number of carbonyl (C=O) groups excluding carboxylic acids is 2. The number of hydrogen-bond donors (Lipinski definition) is 1. The van der Waals surface area contributed by atoms with E-state index < -0.39 is 0 Å². The second kappa shape index (κ2) is 8.35. The van der Waals surface area contributed by atoms with Crippen LogP contribution in [0.1, 0.15) is 49.4 Å². The molecule has 2 heterocycles. The van der Waals surface area contributed by atoms with Crippen molar-refractivity contribution in [1.82, 2.24) is 10.3 Å². The lowest BCUT2D eigenvalue weighted by molar-refractivity contribution is -0.121. The molecule has 0 saturated heterocycles. The summed E-state index contributed by atoms with van der Waals surface area (Å²) in [6.07, 6.45) is 6.46. The van der Waals surface area contributed by atoms with E-state index in [0.29, 0.717) is 18.5 Å². The van der Waals surface area contributed by atoms with Gasteiger partial charge in [-0.3, -0.25) is 9.59 Å². The summed E-state index contributed by atoms with van der Waals surface area (Å²) in [5, 5.41) is 3.95. The van der Waals surface area contributed by atoms with Crippen LogP contribution in [0.25, 0.3) is 0 Å². The predicted octanol–water partition coefficient (Wildman–Crippen LogP) is 4.28. The first-order valence-corrected chi connectivity index (χ1v) is 10.8. The van der Waals surface area contributed by atoms with Gasteiger partial charge in [0.1, 0.15) is 5.03 Å². The van der Waals surface area contributed by atoms with Crippen LogP contribution < -0.4 is 10.2 Å². The van der Waals surface area contributed by atoms with Gasteiger partial charge in [-0.2, -0.15) is 0 Å². The van der Waals surface area contributed by atoms with Crippen molar-refractivity contribution in [2.75, 3.05) is 11.4 Å². The minimum Gasteiger partial charge on any atom is -0.353 e. The van der Waals surface area contributed by atoms with Crippen LogP contribution in [0.2, 0.25) is 0 Å². The molecule has 1 aromatic heterocycles. The molecule has 0 radical (unpaired) electrons. The molecule has 28 heavy (non-hydrogen) atoms. The van der Waals surface area contributed by atoms with Gasteiger partial charge in [0.2, 0.25) is 5.91 Å². The van der Waals surface area contributed by atoms with Crippen LogP contribution in [0.3, 0.4) is 0 Å². The zero-order valence-electron chi connectivity index (χ0n) is 16.1. The molecular weight excluding hydrogens is 370 g/mol. The Bertz CT molecular complexity index is 878. The van der Waals surface area contributed by atoms with E-state index in [1.807, 2.05) is 36.4 Å². The largest absolute Gasteiger partial charge is 0.353 e. The summed E-state index contributed by atoms with van der Waals surface area (Å²) < 4.78 is 0. The number of aromatic nitrogens is 1. The van der Waals surface area contributed by atoms with Crippen molar-refractivity contribution in [2.24, 2.45) is 5.92 Å². The molecule has 0 spiro atoms. The standard InChI is InChI=1S/C22H25N3O2S/c1-15-8-10-16(11-9-15)24-20(26)12-14-25-18-6-4-13-23-21(18)28-19-7-3-2-5-17(19)22(25)27/h2-7,13,15-16H,8-12,14H2,1H3,(H,24,26). The third-order valence-electron chi connectivity index (χ3n) is 5.55. The zero-order valence-corrected chi connectivity index (χ0v) is 16.9. The summed E-state index contributed by atoms with van der Waals surface area (Å²) >= 11 is 1.50.